The molecule has 1 aliphatic rings. The molecule has 1 N–H and O–H groups in total. The largest absolute Gasteiger partial charge is 0.378 e. The Hall–Kier alpha value is -1.67. The number of anilines is 1. The average molecular weight is 415 g/mol. The van der Waals surface area contributed by atoms with Gasteiger partial charge in [-0.25, -0.2) is 12.8 Å². The highest BCUT2D eigenvalue weighted by atomic mass is 32.2. The molecule has 0 radical (unpaired) electrons. The van der Waals surface area contributed by atoms with E-state index >= 15 is 0 Å². The standard InChI is InChI=1S/C20H31FN2O4S/c1-28(25,26)23(19-12-6-5-11-18(19)21)15-7-13-20(24)22-14-8-16-27-17-9-3-2-4-10-17/h5-6,11-12,17H,2-4,7-10,13-16H2,1H3,(H,22,24). The maximum atomic E-state index is 13.9. The highest BCUT2D eigenvalue weighted by Gasteiger charge is 2.20. The number of hydrogen-bond donors (Lipinski definition) is 1. The van der Waals surface area contributed by atoms with Crippen LogP contribution in [0.1, 0.15) is 51.4 Å². The van der Waals surface area contributed by atoms with Crippen LogP contribution in [-0.4, -0.2) is 46.4 Å². The van der Waals surface area contributed by atoms with Crippen molar-refractivity contribution < 1.29 is 22.3 Å². The number of sulfonamides is 1. The molecule has 1 aliphatic carbocycles. The lowest BCUT2D eigenvalue weighted by Gasteiger charge is -2.22. The predicted octanol–water partition coefficient (Wildman–Crippen LogP) is 3.23. The van der Waals surface area contributed by atoms with Gasteiger partial charge in [0, 0.05) is 26.1 Å². The molecule has 158 valence electrons. The Morgan fingerprint density at radius 3 is 2.61 bits per heavy atom. The lowest BCUT2D eigenvalue weighted by atomic mass is 9.98. The summed E-state index contributed by atoms with van der Waals surface area (Å²) < 4.78 is 44.7. The zero-order valence-electron chi connectivity index (χ0n) is 16.5. The Kier molecular flexibility index (Phi) is 9.18. The van der Waals surface area contributed by atoms with E-state index in [4.69, 9.17) is 4.74 Å². The first kappa shape index (κ1) is 22.6. The Labute approximate surface area is 167 Å². The van der Waals surface area contributed by atoms with Gasteiger partial charge in [-0.05, 0) is 37.8 Å². The maximum absolute atomic E-state index is 13.9. The van der Waals surface area contributed by atoms with Crippen molar-refractivity contribution in [2.45, 2.75) is 57.5 Å². The van der Waals surface area contributed by atoms with E-state index in [0.29, 0.717) is 25.7 Å². The van der Waals surface area contributed by atoms with Crippen molar-refractivity contribution in [3.05, 3.63) is 30.1 Å². The number of amides is 1. The summed E-state index contributed by atoms with van der Waals surface area (Å²) in [5.41, 5.74) is 0.00488. The number of rotatable bonds is 11. The van der Waals surface area contributed by atoms with Crippen molar-refractivity contribution in [2.24, 2.45) is 0 Å². The van der Waals surface area contributed by atoms with Gasteiger partial charge in [0.1, 0.15) is 5.82 Å². The smallest absolute Gasteiger partial charge is 0.232 e. The monoisotopic (exact) mass is 414 g/mol. The topological polar surface area (TPSA) is 75.7 Å². The first-order valence-corrected chi connectivity index (χ1v) is 11.8. The summed E-state index contributed by atoms with van der Waals surface area (Å²) in [6.45, 7) is 1.23. The van der Waals surface area contributed by atoms with Gasteiger partial charge in [0.2, 0.25) is 15.9 Å². The second kappa shape index (κ2) is 11.4. The molecule has 0 spiro atoms. The Bertz CT molecular complexity index is 721. The quantitative estimate of drug-likeness (QED) is 0.564. The molecule has 1 aromatic rings. The number of carbonyl (C=O) groups is 1. The average Bonchev–Trinajstić information content (AvgIpc) is 2.66. The van der Waals surface area contributed by atoms with E-state index < -0.39 is 15.8 Å². The number of ether oxygens (including phenoxy) is 1. The number of halogens is 1. The summed E-state index contributed by atoms with van der Waals surface area (Å²) >= 11 is 0. The number of nitrogens with one attached hydrogen (secondary N) is 1. The van der Waals surface area contributed by atoms with E-state index in [0.717, 1.165) is 29.8 Å². The molecule has 1 saturated carbocycles. The van der Waals surface area contributed by atoms with Gasteiger partial charge < -0.3 is 10.1 Å². The van der Waals surface area contributed by atoms with Crippen LogP contribution in [0, 0.1) is 5.82 Å². The van der Waals surface area contributed by atoms with Crippen LogP contribution in [0.2, 0.25) is 0 Å². The molecule has 2 rings (SSSR count). The van der Waals surface area contributed by atoms with Gasteiger partial charge >= 0.3 is 0 Å². The molecule has 0 atom stereocenters. The van der Waals surface area contributed by atoms with Gasteiger partial charge in [0.25, 0.3) is 0 Å². The number of benzene rings is 1. The van der Waals surface area contributed by atoms with E-state index in [1.54, 1.807) is 6.07 Å². The number of carbonyl (C=O) groups excluding carboxylic acids is 1. The van der Waals surface area contributed by atoms with Crippen LogP contribution < -0.4 is 9.62 Å². The third-order valence-electron chi connectivity index (χ3n) is 4.84. The van der Waals surface area contributed by atoms with Gasteiger partial charge in [-0.1, -0.05) is 31.4 Å². The summed E-state index contributed by atoms with van der Waals surface area (Å²) in [5.74, 6) is -0.741. The van der Waals surface area contributed by atoms with Gasteiger partial charge in [-0.15, -0.1) is 0 Å². The molecule has 1 aromatic carbocycles. The minimum atomic E-state index is -3.63. The van der Waals surface area contributed by atoms with E-state index in [1.165, 1.54) is 37.5 Å². The summed E-state index contributed by atoms with van der Waals surface area (Å²) in [6, 6.07) is 5.72. The Balaban J connectivity index is 1.66. The third kappa shape index (κ3) is 7.75. The lowest BCUT2D eigenvalue weighted by Crippen LogP contribution is -2.33. The molecule has 6 nitrogen and oxygen atoms in total. The third-order valence-corrected chi connectivity index (χ3v) is 6.02. The number of nitrogens with zero attached hydrogens (tertiary/aromatic N) is 1. The molecule has 1 fully saturated rings. The fourth-order valence-corrected chi connectivity index (χ4v) is 4.34. The van der Waals surface area contributed by atoms with Crippen LogP contribution in [0.15, 0.2) is 24.3 Å². The van der Waals surface area contributed by atoms with Crippen LogP contribution in [0.25, 0.3) is 0 Å². The second-order valence-corrected chi connectivity index (χ2v) is 9.13. The van der Waals surface area contributed by atoms with Crippen LogP contribution in [0.5, 0.6) is 0 Å². The lowest BCUT2D eigenvalue weighted by molar-refractivity contribution is -0.121. The van der Waals surface area contributed by atoms with Gasteiger partial charge in [-0.3, -0.25) is 9.10 Å². The summed E-state index contributed by atoms with van der Waals surface area (Å²) in [4.78, 5) is 11.9. The van der Waals surface area contributed by atoms with Crippen LogP contribution in [0.3, 0.4) is 0 Å². The fraction of sp³-hybridized carbons (Fsp3) is 0.650. The van der Waals surface area contributed by atoms with E-state index in [2.05, 4.69) is 5.32 Å². The van der Waals surface area contributed by atoms with Crippen LogP contribution >= 0.6 is 0 Å². The van der Waals surface area contributed by atoms with Crippen LogP contribution in [0.4, 0.5) is 10.1 Å². The molecule has 0 saturated heterocycles. The van der Waals surface area contributed by atoms with Gasteiger partial charge in [-0.2, -0.15) is 0 Å². The molecule has 0 aromatic heterocycles. The molecular formula is C20H31FN2O4S. The first-order chi connectivity index (χ1) is 13.4. The van der Waals surface area contributed by atoms with E-state index in [-0.39, 0.29) is 24.6 Å². The minimum Gasteiger partial charge on any atom is -0.378 e. The zero-order valence-corrected chi connectivity index (χ0v) is 17.3. The Morgan fingerprint density at radius 1 is 1.21 bits per heavy atom. The van der Waals surface area contributed by atoms with Crippen molar-refractivity contribution >= 4 is 21.6 Å². The molecule has 28 heavy (non-hydrogen) atoms. The SMILES string of the molecule is CS(=O)(=O)N(CCCC(=O)NCCCOC1CCCCC1)c1ccccc1F. The second-order valence-electron chi connectivity index (χ2n) is 7.22. The maximum Gasteiger partial charge on any atom is 0.232 e. The normalized spacial score (nSPS) is 15.4. The molecular weight excluding hydrogens is 383 g/mol. The van der Waals surface area contributed by atoms with Crippen molar-refractivity contribution in [2.75, 3.05) is 30.3 Å². The summed E-state index contributed by atoms with van der Waals surface area (Å²) in [6.07, 6.45) is 8.68. The van der Waals surface area contributed by atoms with Crippen molar-refractivity contribution in [3.63, 3.8) is 0 Å². The van der Waals surface area contributed by atoms with Crippen LogP contribution in [-0.2, 0) is 19.6 Å². The molecule has 0 bridgehead atoms. The van der Waals surface area contributed by atoms with Gasteiger partial charge in [0.15, 0.2) is 0 Å². The Morgan fingerprint density at radius 2 is 1.93 bits per heavy atom. The highest BCUT2D eigenvalue weighted by Crippen LogP contribution is 2.22. The van der Waals surface area contributed by atoms with E-state index in [9.17, 15) is 17.6 Å². The fourth-order valence-electron chi connectivity index (χ4n) is 3.37. The van der Waals surface area contributed by atoms with E-state index in [1.807, 2.05) is 0 Å². The van der Waals surface area contributed by atoms with Crippen molar-refractivity contribution in [1.82, 2.24) is 5.32 Å². The number of para-hydroxylation sites is 1. The highest BCUT2D eigenvalue weighted by molar-refractivity contribution is 7.92. The first-order valence-electron chi connectivity index (χ1n) is 9.98. The molecule has 0 unspecified atom stereocenters. The summed E-state index contributed by atoms with van der Waals surface area (Å²) in [7, 11) is -3.63. The van der Waals surface area contributed by atoms with Gasteiger partial charge in [0.05, 0.1) is 18.0 Å². The van der Waals surface area contributed by atoms with Crippen molar-refractivity contribution in [3.8, 4) is 0 Å². The molecule has 0 aliphatic heterocycles. The van der Waals surface area contributed by atoms with Crippen molar-refractivity contribution in [1.29, 1.82) is 0 Å². The molecule has 1 amide bonds. The summed E-state index contributed by atoms with van der Waals surface area (Å²) in [5, 5.41) is 2.82. The number of hydrogen-bond acceptors (Lipinski definition) is 4. The molecule has 0 heterocycles. The minimum absolute atomic E-state index is 0.00488. The molecule has 8 heteroatoms. The predicted molar refractivity (Wildman–Crippen MR) is 108 cm³/mol. The zero-order chi connectivity index (χ0) is 20.4.